The average molecular weight is 344 g/mol. The molecule has 0 fully saturated rings. The van der Waals surface area contributed by atoms with Gasteiger partial charge >= 0.3 is 0 Å². The minimum Gasteiger partial charge on any atom is -0.488 e. The van der Waals surface area contributed by atoms with Crippen molar-refractivity contribution in [1.82, 2.24) is 10.2 Å². The highest BCUT2D eigenvalue weighted by atomic mass is 19.1. The maximum Gasteiger partial charge on any atom is 0.276 e. The van der Waals surface area contributed by atoms with Crippen LogP contribution in [0.25, 0.3) is 12.2 Å². The van der Waals surface area contributed by atoms with Gasteiger partial charge in [-0.3, -0.25) is 0 Å². The largest absolute Gasteiger partial charge is 0.488 e. The zero-order chi connectivity index (χ0) is 17.9. The van der Waals surface area contributed by atoms with Crippen LogP contribution in [0.3, 0.4) is 0 Å². The first-order valence-corrected chi connectivity index (χ1v) is 8.80. The van der Waals surface area contributed by atoms with E-state index in [2.05, 4.69) is 24.0 Å². The molecule has 0 amide bonds. The third kappa shape index (κ3) is 6.53. The Balaban J connectivity index is 2.11. The van der Waals surface area contributed by atoms with Gasteiger partial charge in [0.2, 0.25) is 0 Å². The Bertz CT molecular complexity index is 672. The molecular formula is C20H25FN2O2. The maximum absolute atomic E-state index is 12.9. The second-order valence-corrected chi connectivity index (χ2v) is 5.73. The van der Waals surface area contributed by atoms with Gasteiger partial charge in [0.1, 0.15) is 5.82 Å². The van der Waals surface area contributed by atoms with E-state index < -0.39 is 0 Å². The van der Waals surface area contributed by atoms with Crippen LogP contribution in [0.15, 0.2) is 30.3 Å². The predicted molar refractivity (Wildman–Crippen MR) is 98.2 cm³/mol. The van der Waals surface area contributed by atoms with E-state index in [1.165, 1.54) is 12.1 Å². The SMILES string of the molecule is CCCCOc1cc(/C=C/c2ccc(F)cc2)nnc1OCCCC. The van der Waals surface area contributed by atoms with E-state index in [-0.39, 0.29) is 5.82 Å². The minimum absolute atomic E-state index is 0.253. The van der Waals surface area contributed by atoms with E-state index >= 15 is 0 Å². The maximum atomic E-state index is 12.9. The summed E-state index contributed by atoms with van der Waals surface area (Å²) in [4.78, 5) is 0. The van der Waals surface area contributed by atoms with Crippen molar-refractivity contribution in [2.75, 3.05) is 13.2 Å². The van der Waals surface area contributed by atoms with Crippen molar-refractivity contribution < 1.29 is 13.9 Å². The van der Waals surface area contributed by atoms with Gasteiger partial charge in [0.25, 0.3) is 5.88 Å². The van der Waals surface area contributed by atoms with Gasteiger partial charge < -0.3 is 9.47 Å². The van der Waals surface area contributed by atoms with Gasteiger partial charge in [-0.05, 0) is 36.6 Å². The minimum atomic E-state index is -0.253. The first kappa shape index (κ1) is 18.9. The Morgan fingerprint density at radius 2 is 1.60 bits per heavy atom. The molecule has 0 aliphatic rings. The van der Waals surface area contributed by atoms with Crippen LogP contribution in [0, 0.1) is 5.82 Å². The molecule has 0 bridgehead atoms. The second kappa shape index (κ2) is 10.4. The molecule has 0 radical (unpaired) electrons. The third-order valence-electron chi connectivity index (χ3n) is 3.55. The fourth-order valence-electron chi connectivity index (χ4n) is 2.06. The molecule has 0 saturated heterocycles. The molecule has 1 heterocycles. The van der Waals surface area contributed by atoms with E-state index in [0.29, 0.717) is 30.5 Å². The number of hydrogen-bond donors (Lipinski definition) is 0. The van der Waals surface area contributed by atoms with Gasteiger partial charge in [-0.25, -0.2) is 4.39 Å². The summed E-state index contributed by atoms with van der Waals surface area (Å²) in [6.07, 6.45) is 7.72. The molecule has 0 aliphatic carbocycles. The highest BCUT2D eigenvalue weighted by molar-refractivity contribution is 5.68. The van der Waals surface area contributed by atoms with Gasteiger partial charge in [0, 0.05) is 6.07 Å². The standard InChI is InChI=1S/C20H25FN2O2/c1-3-5-13-24-19-15-18(22-23-20(19)25-14-6-4-2)12-9-16-7-10-17(21)11-8-16/h7-12,15H,3-6,13-14H2,1-2H3/b12-9+. The zero-order valence-corrected chi connectivity index (χ0v) is 14.9. The average Bonchev–Trinajstić information content (AvgIpc) is 2.63. The van der Waals surface area contributed by atoms with Gasteiger partial charge in [0.05, 0.1) is 18.9 Å². The van der Waals surface area contributed by atoms with E-state index in [9.17, 15) is 4.39 Å². The van der Waals surface area contributed by atoms with Gasteiger partial charge in [-0.2, -0.15) is 0 Å². The van der Waals surface area contributed by atoms with Crippen LogP contribution in [-0.4, -0.2) is 23.4 Å². The zero-order valence-electron chi connectivity index (χ0n) is 14.9. The molecule has 5 heteroatoms. The molecule has 0 spiro atoms. The number of hydrogen-bond acceptors (Lipinski definition) is 4. The molecule has 2 rings (SSSR count). The number of nitrogens with zero attached hydrogens (tertiary/aromatic N) is 2. The summed E-state index contributed by atoms with van der Waals surface area (Å²) >= 11 is 0. The molecule has 1 aromatic heterocycles. The molecule has 0 N–H and O–H groups in total. The number of halogens is 1. The summed E-state index contributed by atoms with van der Waals surface area (Å²) < 4.78 is 24.4. The molecule has 134 valence electrons. The van der Waals surface area contributed by atoms with Crippen molar-refractivity contribution in [3.05, 3.63) is 47.4 Å². The molecule has 4 nitrogen and oxygen atoms in total. The van der Waals surface area contributed by atoms with E-state index in [1.807, 2.05) is 18.2 Å². The van der Waals surface area contributed by atoms with Crippen LogP contribution in [0.5, 0.6) is 11.6 Å². The third-order valence-corrected chi connectivity index (χ3v) is 3.55. The normalized spacial score (nSPS) is 11.0. The summed E-state index contributed by atoms with van der Waals surface area (Å²) in [5.74, 6) is 0.791. The van der Waals surface area contributed by atoms with E-state index in [4.69, 9.17) is 9.47 Å². The first-order valence-electron chi connectivity index (χ1n) is 8.80. The predicted octanol–water partition coefficient (Wildman–Crippen LogP) is 5.14. The number of unbranched alkanes of at least 4 members (excludes halogenated alkanes) is 2. The molecule has 0 aliphatic heterocycles. The van der Waals surface area contributed by atoms with E-state index in [1.54, 1.807) is 12.1 Å². The number of benzene rings is 1. The Kier molecular flexibility index (Phi) is 7.89. The fourth-order valence-corrected chi connectivity index (χ4v) is 2.06. The highest BCUT2D eigenvalue weighted by Crippen LogP contribution is 2.25. The van der Waals surface area contributed by atoms with Crippen LogP contribution in [0.2, 0.25) is 0 Å². The van der Waals surface area contributed by atoms with Crippen molar-refractivity contribution in [3.8, 4) is 11.6 Å². The topological polar surface area (TPSA) is 44.2 Å². The summed E-state index contributed by atoms with van der Waals surface area (Å²) in [7, 11) is 0. The fraction of sp³-hybridized carbons (Fsp3) is 0.400. The Morgan fingerprint density at radius 1 is 0.920 bits per heavy atom. The molecule has 0 saturated carbocycles. The summed E-state index contributed by atoms with van der Waals surface area (Å²) in [5.41, 5.74) is 1.55. The lowest BCUT2D eigenvalue weighted by atomic mass is 10.2. The highest BCUT2D eigenvalue weighted by Gasteiger charge is 2.09. The number of ether oxygens (including phenoxy) is 2. The summed E-state index contributed by atoms with van der Waals surface area (Å²) in [6, 6.07) is 8.09. The monoisotopic (exact) mass is 344 g/mol. The van der Waals surface area contributed by atoms with E-state index in [0.717, 1.165) is 31.2 Å². The molecular weight excluding hydrogens is 319 g/mol. The Hall–Kier alpha value is -2.43. The lowest BCUT2D eigenvalue weighted by Crippen LogP contribution is -2.05. The van der Waals surface area contributed by atoms with Crippen LogP contribution in [-0.2, 0) is 0 Å². The molecule has 0 unspecified atom stereocenters. The van der Waals surface area contributed by atoms with Gasteiger partial charge in [0.15, 0.2) is 5.75 Å². The number of rotatable bonds is 10. The van der Waals surface area contributed by atoms with Crippen molar-refractivity contribution in [1.29, 1.82) is 0 Å². The summed E-state index contributed by atoms with van der Waals surface area (Å²) in [5, 5.41) is 8.31. The smallest absolute Gasteiger partial charge is 0.276 e. The quantitative estimate of drug-likeness (QED) is 0.560. The van der Waals surface area contributed by atoms with Crippen LogP contribution in [0.1, 0.15) is 50.8 Å². The molecule has 25 heavy (non-hydrogen) atoms. The van der Waals surface area contributed by atoms with Crippen LogP contribution < -0.4 is 9.47 Å². The van der Waals surface area contributed by atoms with Crippen molar-refractivity contribution in [2.24, 2.45) is 0 Å². The van der Waals surface area contributed by atoms with Crippen molar-refractivity contribution in [2.45, 2.75) is 39.5 Å². The van der Waals surface area contributed by atoms with Gasteiger partial charge in [-0.15, -0.1) is 10.2 Å². The Morgan fingerprint density at radius 3 is 2.28 bits per heavy atom. The molecule has 0 atom stereocenters. The molecule has 2 aromatic rings. The van der Waals surface area contributed by atoms with Gasteiger partial charge in [-0.1, -0.05) is 44.9 Å². The lowest BCUT2D eigenvalue weighted by Gasteiger charge is -2.11. The number of aromatic nitrogens is 2. The van der Waals surface area contributed by atoms with Crippen molar-refractivity contribution >= 4 is 12.2 Å². The van der Waals surface area contributed by atoms with Crippen LogP contribution in [0.4, 0.5) is 4.39 Å². The van der Waals surface area contributed by atoms with Crippen molar-refractivity contribution in [3.63, 3.8) is 0 Å². The second-order valence-electron chi connectivity index (χ2n) is 5.73. The molecule has 1 aromatic carbocycles. The first-order chi connectivity index (χ1) is 12.2. The Labute approximate surface area is 148 Å². The lowest BCUT2D eigenvalue weighted by molar-refractivity contribution is 0.250. The van der Waals surface area contributed by atoms with Crippen LogP contribution >= 0.6 is 0 Å². The summed E-state index contributed by atoms with van der Waals surface area (Å²) in [6.45, 7) is 5.44.